The monoisotopic (exact) mass is 421 g/mol. The largest absolute Gasteiger partial charge is 0.369 e. The molecule has 0 aliphatic heterocycles. The minimum atomic E-state index is -1.73. The molecular weight excluding hydrogens is 404 g/mol. The topological polar surface area (TPSA) is 105 Å². The van der Waals surface area contributed by atoms with Gasteiger partial charge in [-0.2, -0.15) is 15.5 Å². The number of hydrogen-bond donors (Lipinski definition) is 1. The van der Waals surface area contributed by atoms with Gasteiger partial charge in [0.15, 0.2) is 5.72 Å². The maximum atomic E-state index is 14.7. The van der Waals surface area contributed by atoms with E-state index in [0.717, 1.165) is 12.1 Å². The third-order valence-electron chi connectivity index (χ3n) is 5.13. The molecule has 0 unspecified atom stereocenters. The van der Waals surface area contributed by atoms with E-state index in [1.54, 1.807) is 18.5 Å². The number of hydrogen-bond acceptors (Lipinski definition) is 6. The minimum Gasteiger partial charge on any atom is -0.369 e. The van der Waals surface area contributed by atoms with Crippen LogP contribution in [0.1, 0.15) is 24.0 Å². The molecule has 0 spiro atoms. The Balaban J connectivity index is 1.77. The molecule has 0 saturated heterocycles. The second kappa shape index (κ2) is 8.04. The van der Waals surface area contributed by atoms with Gasteiger partial charge < -0.3 is 5.11 Å². The van der Waals surface area contributed by atoms with E-state index in [-0.39, 0.29) is 12.1 Å². The SMILES string of the molecule is C[C@@](O)([C@@H](Cn1cncn1)c1ccc(F)cc1F)n1cc(-c2ccncc2C#N)cn1. The van der Waals surface area contributed by atoms with Gasteiger partial charge in [-0.3, -0.25) is 9.67 Å². The van der Waals surface area contributed by atoms with Crippen LogP contribution in [0, 0.1) is 23.0 Å². The van der Waals surface area contributed by atoms with E-state index < -0.39 is 23.3 Å². The van der Waals surface area contributed by atoms with Crippen LogP contribution >= 0.6 is 0 Å². The Hall–Kier alpha value is -3.97. The van der Waals surface area contributed by atoms with Crippen molar-refractivity contribution < 1.29 is 13.9 Å². The van der Waals surface area contributed by atoms with Crippen LogP contribution in [0.25, 0.3) is 11.1 Å². The third kappa shape index (κ3) is 3.91. The van der Waals surface area contributed by atoms with Gasteiger partial charge in [-0.25, -0.2) is 18.4 Å². The van der Waals surface area contributed by atoms with E-state index in [9.17, 15) is 19.1 Å². The molecule has 10 heteroatoms. The predicted molar refractivity (Wildman–Crippen MR) is 105 cm³/mol. The molecule has 31 heavy (non-hydrogen) atoms. The zero-order valence-corrected chi connectivity index (χ0v) is 16.4. The quantitative estimate of drug-likeness (QED) is 0.513. The first kappa shape index (κ1) is 20.3. The van der Waals surface area contributed by atoms with Gasteiger partial charge in [0.2, 0.25) is 0 Å². The highest BCUT2D eigenvalue weighted by atomic mass is 19.1. The normalized spacial score (nSPS) is 14.0. The number of aliphatic hydroxyl groups is 1. The molecule has 0 radical (unpaired) electrons. The molecule has 4 rings (SSSR count). The van der Waals surface area contributed by atoms with Gasteiger partial charge in [0.1, 0.15) is 30.4 Å². The number of aromatic nitrogens is 6. The van der Waals surface area contributed by atoms with Gasteiger partial charge in [-0.1, -0.05) is 6.07 Å². The molecule has 1 aromatic carbocycles. The highest BCUT2D eigenvalue weighted by molar-refractivity contribution is 5.68. The summed E-state index contributed by atoms with van der Waals surface area (Å²) in [6, 6.07) is 6.93. The zero-order chi connectivity index (χ0) is 22.0. The number of benzene rings is 1. The fourth-order valence-electron chi connectivity index (χ4n) is 3.47. The lowest BCUT2D eigenvalue weighted by atomic mass is 9.88. The van der Waals surface area contributed by atoms with E-state index in [4.69, 9.17) is 0 Å². The highest BCUT2D eigenvalue weighted by Crippen LogP contribution is 2.36. The number of halogens is 2. The zero-order valence-electron chi connectivity index (χ0n) is 16.4. The Morgan fingerprint density at radius 3 is 2.74 bits per heavy atom. The smallest absolute Gasteiger partial charge is 0.163 e. The highest BCUT2D eigenvalue weighted by Gasteiger charge is 2.38. The molecule has 0 aliphatic rings. The lowest BCUT2D eigenvalue weighted by Gasteiger charge is -2.33. The molecule has 3 heterocycles. The van der Waals surface area contributed by atoms with Crippen molar-refractivity contribution in [3.8, 4) is 17.2 Å². The summed E-state index contributed by atoms with van der Waals surface area (Å²) in [4.78, 5) is 7.82. The molecule has 2 atom stereocenters. The van der Waals surface area contributed by atoms with Crippen molar-refractivity contribution in [2.24, 2.45) is 0 Å². The van der Waals surface area contributed by atoms with E-state index in [1.807, 2.05) is 0 Å². The second-order valence-electron chi connectivity index (χ2n) is 7.14. The van der Waals surface area contributed by atoms with Crippen molar-refractivity contribution in [1.29, 1.82) is 5.26 Å². The summed E-state index contributed by atoms with van der Waals surface area (Å²) in [5, 5.41) is 29.1. The van der Waals surface area contributed by atoms with Crippen LogP contribution < -0.4 is 0 Å². The number of nitriles is 1. The lowest BCUT2D eigenvalue weighted by molar-refractivity contribution is -0.0629. The van der Waals surface area contributed by atoms with Crippen molar-refractivity contribution in [2.45, 2.75) is 25.1 Å². The number of rotatable bonds is 6. The summed E-state index contributed by atoms with van der Waals surface area (Å²) in [5.74, 6) is -2.41. The average Bonchev–Trinajstić information content (AvgIpc) is 3.45. The van der Waals surface area contributed by atoms with Gasteiger partial charge in [0.05, 0.1) is 24.2 Å². The van der Waals surface area contributed by atoms with Crippen LogP contribution in [0.15, 0.2) is 61.7 Å². The van der Waals surface area contributed by atoms with Crippen molar-refractivity contribution in [1.82, 2.24) is 29.5 Å². The Labute approximate surface area is 176 Å². The lowest BCUT2D eigenvalue weighted by Crippen LogP contribution is -2.40. The van der Waals surface area contributed by atoms with E-state index in [0.29, 0.717) is 16.7 Å². The molecule has 156 valence electrons. The summed E-state index contributed by atoms with van der Waals surface area (Å²) in [6.45, 7) is 1.54. The van der Waals surface area contributed by atoms with Gasteiger partial charge in [0, 0.05) is 35.8 Å². The first-order chi connectivity index (χ1) is 14.9. The maximum absolute atomic E-state index is 14.7. The molecule has 0 amide bonds. The van der Waals surface area contributed by atoms with Gasteiger partial charge >= 0.3 is 0 Å². The Kier molecular flexibility index (Phi) is 5.27. The van der Waals surface area contributed by atoms with Crippen LogP contribution in [0.3, 0.4) is 0 Å². The standard InChI is InChI=1S/C21H17F2N7O/c1-21(31,30-10-15(9-27-30)17-4-5-25-8-14(17)7-24)19(11-29-13-26-12-28-29)18-3-2-16(22)6-20(18)23/h2-6,8-10,12-13,19,31H,11H2,1H3/t19-,21+/m0/s1. The molecule has 0 fully saturated rings. The Morgan fingerprint density at radius 2 is 2.03 bits per heavy atom. The van der Waals surface area contributed by atoms with Crippen molar-refractivity contribution in [3.05, 3.63) is 84.5 Å². The fourth-order valence-corrected chi connectivity index (χ4v) is 3.47. The molecule has 8 nitrogen and oxygen atoms in total. The molecule has 0 bridgehead atoms. The fraction of sp³-hybridized carbons (Fsp3) is 0.190. The Bertz CT molecular complexity index is 1240. The average molecular weight is 421 g/mol. The number of pyridine rings is 1. The second-order valence-corrected chi connectivity index (χ2v) is 7.14. The predicted octanol–water partition coefficient (Wildman–Crippen LogP) is 2.84. The first-order valence-corrected chi connectivity index (χ1v) is 9.29. The number of nitrogens with zero attached hydrogens (tertiary/aromatic N) is 7. The van der Waals surface area contributed by atoms with Crippen molar-refractivity contribution in [3.63, 3.8) is 0 Å². The first-order valence-electron chi connectivity index (χ1n) is 9.29. The van der Waals surface area contributed by atoms with Crippen LogP contribution in [0.2, 0.25) is 0 Å². The molecule has 0 aliphatic carbocycles. The summed E-state index contributed by atoms with van der Waals surface area (Å²) in [6.07, 6.45) is 8.81. The molecular formula is C21H17F2N7O. The summed E-state index contributed by atoms with van der Waals surface area (Å²) in [7, 11) is 0. The van der Waals surface area contributed by atoms with E-state index >= 15 is 0 Å². The molecule has 3 aromatic heterocycles. The third-order valence-corrected chi connectivity index (χ3v) is 5.13. The maximum Gasteiger partial charge on any atom is 0.163 e. The van der Waals surface area contributed by atoms with Crippen molar-refractivity contribution >= 4 is 0 Å². The minimum absolute atomic E-state index is 0.0590. The van der Waals surface area contributed by atoms with Crippen molar-refractivity contribution in [2.75, 3.05) is 0 Å². The van der Waals surface area contributed by atoms with Gasteiger partial charge in [-0.05, 0) is 24.6 Å². The summed E-state index contributed by atoms with van der Waals surface area (Å²) in [5.41, 5.74) is -0.104. The molecule has 0 saturated carbocycles. The summed E-state index contributed by atoms with van der Waals surface area (Å²) >= 11 is 0. The van der Waals surface area contributed by atoms with Gasteiger partial charge in [-0.15, -0.1) is 0 Å². The Morgan fingerprint density at radius 1 is 1.19 bits per heavy atom. The van der Waals surface area contributed by atoms with E-state index in [1.165, 1.54) is 47.4 Å². The van der Waals surface area contributed by atoms with Crippen LogP contribution in [0.5, 0.6) is 0 Å². The summed E-state index contributed by atoms with van der Waals surface area (Å²) < 4.78 is 30.9. The van der Waals surface area contributed by atoms with E-state index in [2.05, 4.69) is 26.2 Å². The molecule has 1 N–H and O–H groups in total. The van der Waals surface area contributed by atoms with Crippen LogP contribution in [0.4, 0.5) is 8.78 Å². The molecule has 4 aromatic rings. The van der Waals surface area contributed by atoms with Gasteiger partial charge in [0.25, 0.3) is 0 Å². The van der Waals surface area contributed by atoms with Crippen LogP contribution in [-0.2, 0) is 12.3 Å². The van der Waals surface area contributed by atoms with Crippen LogP contribution in [-0.4, -0.2) is 34.6 Å².